The van der Waals surface area contributed by atoms with Crippen LogP contribution in [0.3, 0.4) is 0 Å². The number of aromatic hydroxyl groups is 1. The zero-order chi connectivity index (χ0) is 10.1. The van der Waals surface area contributed by atoms with E-state index >= 15 is 0 Å². The van der Waals surface area contributed by atoms with Gasteiger partial charge in [0.25, 0.3) is 0 Å². The Kier molecular flexibility index (Phi) is 2.43. The molecule has 5 heteroatoms. The summed E-state index contributed by atoms with van der Waals surface area (Å²) in [5, 5.41) is 11.7. The van der Waals surface area contributed by atoms with E-state index in [9.17, 15) is 5.11 Å². The van der Waals surface area contributed by atoms with Crippen molar-refractivity contribution in [3.8, 4) is 17.0 Å². The molecular formula is C9H7BrN2OS. The van der Waals surface area contributed by atoms with Gasteiger partial charge in [-0.1, -0.05) is 0 Å². The van der Waals surface area contributed by atoms with Gasteiger partial charge in [-0.2, -0.15) is 0 Å². The summed E-state index contributed by atoms with van der Waals surface area (Å²) in [4.78, 5) is 4.15. The van der Waals surface area contributed by atoms with E-state index in [1.54, 1.807) is 12.1 Å². The molecule has 0 fully saturated rings. The third kappa shape index (κ3) is 1.73. The van der Waals surface area contributed by atoms with Gasteiger partial charge in [0, 0.05) is 10.9 Å². The van der Waals surface area contributed by atoms with Crippen molar-refractivity contribution >= 4 is 32.4 Å². The second kappa shape index (κ2) is 3.59. The first-order chi connectivity index (χ1) is 6.66. The quantitative estimate of drug-likeness (QED) is 0.838. The van der Waals surface area contributed by atoms with E-state index < -0.39 is 0 Å². The van der Waals surface area contributed by atoms with Crippen LogP contribution in [0.5, 0.6) is 5.75 Å². The van der Waals surface area contributed by atoms with Crippen LogP contribution in [0.2, 0.25) is 0 Å². The summed E-state index contributed by atoms with van der Waals surface area (Å²) in [6, 6.07) is 5.23. The molecule has 1 heterocycles. The van der Waals surface area contributed by atoms with Gasteiger partial charge in [-0.3, -0.25) is 0 Å². The predicted octanol–water partition coefficient (Wildman–Crippen LogP) is 2.86. The summed E-state index contributed by atoms with van der Waals surface area (Å²) in [6.07, 6.45) is 0. The Hall–Kier alpha value is -1.07. The zero-order valence-electron chi connectivity index (χ0n) is 7.07. The minimum absolute atomic E-state index is 0.219. The highest BCUT2D eigenvalue weighted by Crippen LogP contribution is 2.30. The number of hydrogen-bond donors (Lipinski definition) is 2. The Balaban J connectivity index is 2.47. The number of benzene rings is 1. The Morgan fingerprint density at radius 3 is 2.79 bits per heavy atom. The highest BCUT2D eigenvalue weighted by molar-refractivity contribution is 9.10. The summed E-state index contributed by atoms with van der Waals surface area (Å²) in [5.41, 5.74) is 7.29. The third-order valence-corrected chi connectivity index (χ3v) is 3.07. The maximum absolute atomic E-state index is 9.31. The van der Waals surface area contributed by atoms with Gasteiger partial charge in [0.05, 0.1) is 10.2 Å². The summed E-state index contributed by atoms with van der Waals surface area (Å²) in [7, 11) is 0. The lowest BCUT2D eigenvalue weighted by molar-refractivity contribution is 0.472. The standard InChI is InChI=1S/C9H7BrN2OS/c10-6-3-5(1-2-8(6)13)7-4-14-9(11)12-7/h1-4,13H,(H2,11,12). The van der Waals surface area contributed by atoms with Gasteiger partial charge in [0.2, 0.25) is 0 Å². The molecule has 0 aliphatic heterocycles. The molecule has 0 amide bonds. The van der Waals surface area contributed by atoms with Crippen molar-refractivity contribution in [2.24, 2.45) is 0 Å². The molecule has 0 radical (unpaired) electrons. The average Bonchev–Trinajstić information content (AvgIpc) is 2.57. The van der Waals surface area contributed by atoms with Crippen molar-refractivity contribution in [2.45, 2.75) is 0 Å². The minimum Gasteiger partial charge on any atom is -0.507 e. The van der Waals surface area contributed by atoms with Crippen LogP contribution in [0.15, 0.2) is 28.1 Å². The Bertz CT molecular complexity index is 470. The molecule has 0 saturated carbocycles. The molecule has 72 valence electrons. The minimum atomic E-state index is 0.219. The monoisotopic (exact) mass is 270 g/mol. The molecule has 0 aliphatic rings. The topological polar surface area (TPSA) is 59.1 Å². The van der Waals surface area contributed by atoms with Gasteiger partial charge in [-0.05, 0) is 34.1 Å². The summed E-state index contributed by atoms with van der Waals surface area (Å²) in [6.45, 7) is 0. The number of phenols is 1. The Morgan fingerprint density at radius 2 is 2.21 bits per heavy atom. The van der Waals surface area contributed by atoms with E-state index in [-0.39, 0.29) is 5.75 Å². The lowest BCUT2D eigenvalue weighted by atomic mass is 10.2. The van der Waals surface area contributed by atoms with Crippen LogP contribution in [0.25, 0.3) is 11.3 Å². The highest BCUT2D eigenvalue weighted by Gasteiger charge is 2.04. The maximum Gasteiger partial charge on any atom is 0.180 e. The van der Waals surface area contributed by atoms with Crippen molar-refractivity contribution in [3.63, 3.8) is 0 Å². The highest BCUT2D eigenvalue weighted by atomic mass is 79.9. The van der Waals surface area contributed by atoms with Gasteiger partial charge in [0.1, 0.15) is 5.75 Å². The molecule has 0 bridgehead atoms. The third-order valence-electron chi connectivity index (χ3n) is 1.77. The Labute approximate surface area is 93.4 Å². The van der Waals surface area contributed by atoms with Crippen LogP contribution in [0.4, 0.5) is 5.13 Å². The number of phenolic OH excluding ortho intramolecular Hbond substituents is 1. The number of anilines is 1. The fraction of sp³-hybridized carbons (Fsp3) is 0. The first-order valence-corrected chi connectivity index (χ1v) is 5.54. The largest absolute Gasteiger partial charge is 0.507 e. The van der Waals surface area contributed by atoms with E-state index in [2.05, 4.69) is 20.9 Å². The van der Waals surface area contributed by atoms with Crippen molar-refractivity contribution in [1.29, 1.82) is 0 Å². The molecule has 2 aromatic rings. The number of rotatable bonds is 1. The van der Waals surface area contributed by atoms with E-state index in [0.29, 0.717) is 9.60 Å². The molecule has 0 atom stereocenters. The SMILES string of the molecule is Nc1nc(-c2ccc(O)c(Br)c2)cs1. The summed E-state index contributed by atoms with van der Waals surface area (Å²) >= 11 is 4.64. The molecule has 0 unspecified atom stereocenters. The molecule has 0 saturated heterocycles. The molecule has 1 aromatic carbocycles. The van der Waals surface area contributed by atoms with Crippen LogP contribution in [0, 0.1) is 0 Å². The number of nitrogens with two attached hydrogens (primary N) is 1. The van der Waals surface area contributed by atoms with Crippen LogP contribution in [-0.4, -0.2) is 10.1 Å². The number of hydrogen-bond acceptors (Lipinski definition) is 4. The van der Waals surface area contributed by atoms with Gasteiger partial charge in [-0.25, -0.2) is 4.98 Å². The fourth-order valence-electron chi connectivity index (χ4n) is 1.09. The van der Waals surface area contributed by atoms with Crippen molar-refractivity contribution in [1.82, 2.24) is 4.98 Å². The lowest BCUT2D eigenvalue weighted by Gasteiger charge is -1.99. The molecule has 1 aromatic heterocycles. The van der Waals surface area contributed by atoms with Crippen molar-refractivity contribution in [2.75, 3.05) is 5.73 Å². The zero-order valence-corrected chi connectivity index (χ0v) is 9.47. The van der Waals surface area contributed by atoms with Gasteiger partial charge < -0.3 is 10.8 Å². The van der Waals surface area contributed by atoms with E-state index in [1.165, 1.54) is 11.3 Å². The van der Waals surface area contributed by atoms with E-state index in [0.717, 1.165) is 11.3 Å². The van der Waals surface area contributed by atoms with Crippen LogP contribution >= 0.6 is 27.3 Å². The molecular weight excluding hydrogens is 264 g/mol. The maximum atomic E-state index is 9.31. The Morgan fingerprint density at radius 1 is 1.43 bits per heavy atom. The normalized spacial score (nSPS) is 10.4. The molecule has 3 nitrogen and oxygen atoms in total. The molecule has 0 aliphatic carbocycles. The average molecular weight is 271 g/mol. The van der Waals surface area contributed by atoms with Gasteiger partial charge in [0.15, 0.2) is 5.13 Å². The van der Waals surface area contributed by atoms with Gasteiger partial charge >= 0.3 is 0 Å². The van der Waals surface area contributed by atoms with Crippen molar-refractivity contribution < 1.29 is 5.11 Å². The molecule has 14 heavy (non-hydrogen) atoms. The number of halogens is 1. The second-order valence-corrected chi connectivity index (χ2v) is 4.48. The predicted molar refractivity (Wildman–Crippen MR) is 61.3 cm³/mol. The van der Waals surface area contributed by atoms with E-state index in [4.69, 9.17) is 5.73 Å². The van der Waals surface area contributed by atoms with Crippen LogP contribution < -0.4 is 5.73 Å². The smallest absolute Gasteiger partial charge is 0.180 e. The molecule has 3 N–H and O–H groups in total. The van der Waals surface area contributed by atoms with Crippen molar-refractivity contribution in [3.05, 3.63) is 28.1 Å². The van der Waals surface area contributed by atoms with Gasteiger partial charge in [-0.15, -0.1) is 11.3 Å². The first-order valence-electron chi connectivity index (χ1n) is 3.87. The van der Waals surface area contributed by atoms with Crippen LogP contribution in [0.1, 0.15) is 0 Å². The number of nitrogen functional groups attached to an aromatic ring is 1. The summed E-state index contributed by atoms with van der Waals surface area (Å²) in [5.74, 6) is 0.219. The second-order valence-electron chi connectivity index (χ2n) is 2.74. The number of nitrogens with zero attached hydrogens (tertiary/aromatic N) is 1. The molecule has 2 rings (SSSR count). The lowest BCUT2D eigenvalue weighted by Crippen LogP contribution is -1.83. The number of thiazole rings is 1. The summed E-state index contributed by atoms with van der Waals surface area (Å²) < 4.78 is 0.654. The number of aromatic nitrogens is 1. The fourth-order valence-corrected chi connectivity index (χ4v) is 2.04. The van der Waals surface area contributed by atoms with E-state index in [1.807, 2.05) is 11.4 Å². The van der Waals surface area contributed by atoms with Crippen LogP contribution in [-0.2, 0) is 0 Å². The first kappa shape index (κ1) is 9.48. The molecule has 0 spiro atoms.